The SMILES string of the molecule is [CH2-][NH2+]CC(C)CC. The van der Waals surface area contributed by atoms with Crippen LogP contribution in [0, 0.1) is 13.0 Å². The Morgan fingerprint density at radius 2 is 2.29 bits per heavy atom. The fourth-order valence-corrected chi connectivity index (χ4v) is 0.451. The van der Waals surface area contributed by atoms with Gasteiger partial charge in [-0.3, -0.25) is 0 Å². The van der Waals surface area contributed by atoms with Crippen molar-refractivity contribution in [3.8, 4) is 0 Å². The molecule has 0 bridgehead atoms. The third kappa shape index (κ3) is 3.80. The van der Waals surface area contributed by atoms with Crippen LogP contribution in [0.2, 0.25) is 0 Å². The van der Waals surface area contributed by atoms with Crippen molar-refractivity contribution in [1.29, 1.82) is 0 Å². The number of nitrogens with two attached hydrogens (primary N) is 1. The minimum atomic E-state index is 0.831. The second kappa shape index (κ2) is 4.13. The Balaban J connectivity index is 2.83. The molecule has 1 atom stereocenters. The van der Waals surface area contributed by atoms with E-state index in [9.17, 15) is 0 Å². The van der Waals surface area contributed by atoms with Gasteiger partial charge < -0.3 is 5.32 Å². The van der Waals surface area contributed by atoms with E-state index in [2.05, 4.69) is 20.9 Å². The largest absolute Gasteiger partial charge is 0.479 e. The molecule has 0 aromatic heterocycles. The number of hydrogen-bond donors (Lipinski definition) is 1. The molecule has 0 aliphatic carbocycles. The predicted molar refractivity (Wildman–Crippen MR) is 31.6 cm³/mol. The molecule has 0 radical (unpaired) electrons. The lowest BCUT2D eigenvalue weighted by molar-refractivity contribution is -0.601. The lowest BCUT2D eigenvalue weighted by Gasteiger charge is -2.05. The summed E-state index contributed by atoms with van der Waals surface area (Å²) in [4.78, 5) is 0. The molecular weight excluding hydrogens is 86.1 g/mol. The summed E-state index contributed by atoms with van der Waals surface area (Å²) >= 11 is 0. The Hall–Kier alpha value is -0.0400. The first kappa shape index (κ1) is 6.96. The molecule has 0 aliphatic rings. The molecule has 0 saturated heterocycles. The quantitative estimate of drug-likeness (QED) is 0.495. The molecule has 1 unspecified atom stereocenters. The molecular formula is C6H15N. The van der Waals surface area contributed by atoms with Gasteiger partial charge in [0.15, 0.2) is 0 Å². The molecule has 1 nitrogen and oxygen atoms in total. The van der Waals surface area contributed by atoms with Gasteiger partial charge in [-0.2, -0.15) is 7.05 Å². The molecule has 0 heterocycles. The van der Waals surface area contributed by atoms with Crippen molar-refractivity contribution in [3.05, 3.63) is 7.05 Å². The lowest BCUT2D eigenvalue weighted by Crippen LogP contribution is -2.78. The first-order chi connectivity index (χ1) is 3.31. The van der Waals surface area contributed by atoms with Crippen LogP contribution in [0.25, 0.3) is 0 Å². The molecule has 0 saturated carbocycles. The van der Waals surface area contributed by atoms with Crippen LogP contribution < -0.4 is 5.32 Å². The van der Waals surface area contributed by atoms with Gasteiger partial charge in [0.1, 0.15) is 0 Å². The second-order valence-corrected chi connectivity index (χ2v) is 2.04. The fraction of sp³-hybridized carbons (Fsp3) is 0.833. The Morgan fingerprint density at radius 3 is 2.43 bits per heavy atom. The first-order valence-electron chi connectivity index (χ1n) is 2.92. The Labute approximate surface area is 46.1 Å². The van der Waals surface area contributed by atoms with E-state index < -0.39 is 0 Å². The third-order valence-corrected chi connectivity index (χ3v) is 1.27. The highest BCUT2D eigenvalue weighted by Crippen LogP contribution is 1.93. The van der Waals surface area contributed by atoms with Gasteiger partial charge in [0.2, 0.25) is 0 Å². The summed E-state index contributed by atoms with van der Waals surface area (Å²) in [6.45, 7) is 5.60. The van der Waals surface area contributed by atoms with Gasteiger partial charge in [0.05, 0.1) is 6.54 Å². The van der Waals surface area contributed by atoms with E-state index in [0.29, 0.717) is 0 Å². The van der Waals surface area contributed by atoms with Gasteiger partial charge in [0, 0.05) is 5.92 Å². The van der Waals surface area contributed by atoms with E-state index in [1.54, 1.807) is 0 Å². The van der Waals surface area contributed by atoms with Crippen LogP contribution in [0.4, 0.5) is 0 Å². The van der Waals surface area contributed by atoms with E-state index >= 15 is 0 Å². The van der Waals surface area contributed by atoms with Crippen molar-refractivity contribution in [3.63, 3.8) is 0 Å². The summed E-state index contributed by atoms with van der Waals surface area (Å²) in [7, 11) is 3.65. The number of rotatable bonds is 3. The second-order valence-electron chi connectivity index (χ2n) is 2.04. The van der Waals surface area contributed by atoms with E-state index in [1.165, 1.54) is 6.42 Å². The monoisotopic (exact) mass is 101 g/mol. The van der Waals surface area contributed by atoms with Crippen molar-refractivity contribution in [2.24, 2.45) is 5.92 Å². The normalized spacial score (nSPS) is 14.1. The molecule has 0 aromatic rings. The smallest absolute Gasteiger partial charge is 0.0541 e. The Morgan fingerprint density at radius 1 is 1.71 bits per heavy atom. The summed E-state index contributed by atoms with van der Waals surface area (Å²) in [6.07, 6.45) is 1.27. The Kier molecular flexibility index (Phi) is 4.10. The van der Waals surface area contributed by atoms with E-state index in [4.69, 9.17) is 0 Å². The van der Waals surface area contributed by atoms with E-state index in [0.717, 1.165) is 12.5 Å². The predicted octanol–water partition coefficient (Wildman–Crippen LogP) is 0.387. The van der Waals surface area contributed by atoms with Gasteiger partial charge >= 0.3 is 0 Å². The van der Waals surface area contributed by atoms with Crippen LogP contribution in [-0.4, -0.2) is 6.54 Å². The molecule has 0 amide bonds. The summed E-state index contributed by atoms with van der Waals surface area (Å²) in [5.41, 5.74) is 0. The van der Waals surface area contributed by atoms with Crippen molar-refractivity contribution in [2.75, 3.05) is 6.54 Å². The fourth-order valence-electron chi connectivity index (χ4n) is 0.451. The van der Waals surface area contributed by atoms with Crippen LogP contribution in [0.5, 0.6) is 0 Å². The molecule has 2 N–H and O–H groups in total. The maximum absolute atomic E-state index is 3.65. The molecule has 0 aliphatic heterocycles. The number of hydrogen-bond acceptors (Lipinski definition) is 0. The van der Waals surface area contributed by atoms with E-state index in [-0.39, 0.29) is 0 Å². The van der Waals surface area contributed by atoms with Crippen LogP contribution in [0.1, 0.15) is 20.3 Å². The van der Waals surface area contributed by atoms with Gasteiger partial charge in [0.25, 0.3) is 0 Å². The molecule has 0 fully saturated rings. The minimum absolute atomic E-state index is 0.831. The highest BCUT2D eigenvalue weighted by molar-refractivity contribution is 4.41. The zero-order valence-electron chi connectivity index (χ0n) is 5.28. The molecule has 44 valence electrons. The lowest BCUT2D eigenvalue weighted by atomic mass is 10.1. The van der Waals surface area contributed by atoms with Crippen LogP contribution in [-0.2, 0) is 0 Å². The zero-order chi connectivity index (χ0) is 5.70. The topological polar surface area (TPSA) is 16.6 Å². The van der Waals surface area contributed by atoms with Crippen molar-refractivity contribution < 1.29 is 5.32 Å². The standard InChI is InChI=1S/C6H15N/c1-4-6(2)5-7-3/h6H,3-5,7H2,1-2H3. The van der Waals surface area contributed by atoms with Gasteiger partial charge in [-0.25, -0.2) is 0 Å². The maximum Gasteiger partial charge on any atom is 0.0541 e. The van der Waals surface area contributed by atoms with Gasteiger partial charge in [-0.15, -0.1) is 0 Å². The molecule has 7 heavy (non-hydrogen) atoms. The van der Waals surface area contributed by atoms with Crippen molar-refractivity contribution in [1.82, 2.24) is 0 Å². The molecule has 0 spiro atoms. The van der Waals surface area contributed by atoms with Gasteiger partial charge in [-0.1, -0.05) is 13.8 Å². The highest BCUT2D eigenvalue weighted by Gasteiger charge is 1.93. The van der Waals surface area contributed by atoms with Crippen LogP contribution in [0.15, 0.2) is 0 Å². The third-order valence-electron chi connectivity index (χ3n) is 1.27. The van der Waals surface area contributed by atoms with Crippen LogP contribution in [0.3, 0.4) is 0 Å². The number of quaternary nitrogens is 1. The first-order valence-corrected chi connectivity index (χ1v) is 2.92. The maximum atomic E-state index is 3.65. The molecule has 1 heteroatoms. The van der Waals surface area contributed by atoms with Crippen molar-refractivity contribution in [2.45, 2.75) is 20.3 Å². The Bertz CT molecular complexity index is 35.2. The summed E-state index contributed by atoms with van der Waals surface area (Å²) in [6, 6.07) is 0. The highest BCUT2D eigenvalue weighted by atomic mass is 14.8. The van der Waals surface area contributed by atoms with Gasteiger partial charge in [-0.05, 0) is 6.42 Å². The van der Waals surface area contributed by atoms with Crippen LogP contribution >= 0.6 is 0 Å². The summed E-state index contributed by atoms with van der Waals surface area (Å²) < 4.78 is 0. The summed E-state index contributed by atoms with van der Waals surface area (Å²) in [5.74, 6) is 0.831. The average molecular weight is 101 g/mol. The van der Waals surface area contributed by atoms with E-state index in [1.807, 2.05) is 5.32 Å². The molecule has 0 aromatic carbocycles. The summed E-state index contributed by atoms with van der Waals surface area (Å²) in [5, 5.41) is 1.98. The van der Waals surface area contributed by atoms with Crippen molar-refractivity contribution >= 4 is 0 Å². The average Bonchev–Trinajstić information content (AvgIpc) is 1.68. The minimum Gasteiger partial charge on any atom is -0.479 e. The molecule has 0 rings (SSSR count). The zero-order valence-corrected chi connectivity index (χ0v) is 5.28.